The molecule has 3 aromatic rings. The van der Waals surface area contributed by atoms with Gasteiger partial charge in [-0.25, -0.2) is 5.43 Å². The molecule has 0 saturated heterocycles. The number of rotatable bonds is 7. The van der Waals surface area contributed by atoms with E-state index in [-0.39, 0.29) is 11.6 Å². The minimum absolute atomic E-state index is 0.134. The molecule has 0 bridgehead atoms. The highest BCUT2D eigenvalue weighted by atomic mass is 16.5. The standard InChI is InChI=1S/C21H18N4O2/c1-15(2)20-24-19(12-22)21(27-20)25-23-13-16-8-10-18(11-9-16)26-14-17-6-4-3-5-7-17/h3-11,13,25H,1,14H2,2H3/b23-13-. The Morgan fingerprint density at radius 3 is 2.67 bits per heavy atom. The zero-order valence-corrected chi connectivity index (χ0v) is 14.8. The van der Waals surface area contributed by atoms with Crippen LogP contribution in [-0.4, -0.2) is 11.2 Å². The first-order chi connectivity index (χ1) is 13.2. The van der Waals surface area contributed by atoms with Crippen LogP contribution in [0.15, 0.2) is 70.7 Å². The largest absolute Gasteiger partial charge is 0.489 e. The summed E-state index contributed by atoms with van der Waals surface area (Å²) in [5.74, 6) is 1.27. The molecule has 0 fully saturated rings. The minimum atomic E-state index is 0.134. The van der Waals surface area contributed by atoms with Crippen molar-refractivity contribution >= 4 is 17.7 Å². The number of allylic oxidation sites excluding steroid dienone is 1. The number of ether oxygens (including phenoxy) is 1. The molecule has 27 heavy (non-hydrogen) atoms. The first kappa shape index (κ1) is 18.0. The van der Waals surface area contributed by atoms with Gasteiger partial charge in [0.2, 0.25) is 11.6 Å². The second kappa shape index (κ2) is 8.50. The summed E-state index contributed by atoms with van der Waals surface area (Å²) in [4.78, 5) is 4.03. The molecule has 0 aliphatic heterocycles. The molecule has 1 heterocycles. The summed E-state index contributed by atoms with van der Waals surface area (Å²) in [6, 6.07) is 19.5. The van der Waals surface area contributed by atoms with Crippen molar-refractivity contribution in [2.24, 2.45) is 5.10 Å². The van der Waals surface area contributed by atoms with E-state index in [1.165, 1.54) is 0 Å². The third-order valence-electron chi connectivity index (χ3n) is 3.61. The van der Waals surface area contributed by atoms with Crippen molar-refractivity contribution < 1.29 is 9.15 Å². The van der Waals surface area contributed by atoms with Gasteiger partial charge in [-0.1, -0.05) is 36.9 Å². The van der Waals surface area contributed by atoms with Crippen molar-refractivity contribution in [3.05, 3.63) is 83.9 Å². The van der Waals surface area contributed by atoms with Gasteiger partial charge in [-0.3, -0.25) is 0 Å². The highest BCUT2D eigenvalue weighted by Crippen LogP contribution is 2.20. The smallest absolute Gasteiger partial charge is 0.252 e. The Morgan fingerprint density at radius 2 is 2.00 bits per heavy atom. The molecule has 0 atom stereocenters. The number of anilines is 1. The second-order valence-electron chi connectivity index (χ2n) is 5.80. The minimum Gasteiger partial charge on any atom is -0.489 e. The van der Waals surface area contributed by atoms with Crippen molar-refractivity contribution in [1.29, 1.82) is 5.26 Å². The van der Waals surface area contributed by atoms with E-state index in [4.69, 9.17) is 14.4 Å². The molecule has 1 aromatic heterocycles. The highest BCUT2D eigenvalue weighted by Gasteiger charge is 2.12. The van der Waals surface area contributed by atoms with Gasteiger partial charge in [0, 0.05) is 5.57 Å². The van der Waals surface area contributed by atoms with Crippen molar-refractivity contribution in [2.45, 2.75) is 13.5 Å². The van der Waals surface area contributed by atoms with E-state index in [9.17, 15) is 0 Å². The monoisotopic (exact) mass is 358 g/mol. The van der Waals surface area contributed by atoms with Crippen molar-refractivity contribution in [1.82, 2.24) is 4.98 Å². The number of aromatic nitrogens is 1. The van der Waals surface area contributed by atoms with Crippen LogP contribution in [0.1, 0.15) is 29.6 Å². The van der Waals surface area contributed by atoms with Gasteiger partial charge < -0.3 is 9.15 Å². The SMILES string of the molecule is C=C(C)c1nc(C#N)c(N/N=C\c2ccc(OCc3ccccc3)cc2)o1. The zero-order chi connectivity index (χ0) is 19.1. The lowest BCUT2D eigenvalue weighted by molar-refractivity contribution is 0.306. The van der Waals surface area contributed by atoms with E-state index in [1.807, 2.05) is 60.7 Å². The fourth-order valence-corrected chi connectivity index (χ4v) is 2.21. The molecule has 0 saturated carbocycles. The van der Waals surface area contributed by atoms with E-state index < -0.39 is 0 Å². The summed E-state index contributed by atoms with van der Waals surface area (Å²) >= 11 is 0. The molecule has 6 nitrogen and oxygen atoms in total. The number of nitrogens with zero attached hydrogens (tertiary/aromatic N) is 3. The summed E-state index contributed by atoms with van der Waals surface area (Å²) < 4.78 is 11.2. The van der Waals surface area contributed by atoms with E-state index >= 15 is 0 Å². The van der Waals surface area contributed by atoms with Gasteiger partial charge in [-0.15, -0.1) is 0 Å². The van der Waals surface area contributed by atoms with Crippen LogP contribution in [0.25, 0.3) is 5.57 Å². The fraction of sp³-hybridized carbons (Fsp3) is 0.0952. The van der Waals surface area contributed by atoms with Crippen LogP contribution < -0.4 is 10.2 Å². The molecule has 0 unspecified atom stereocenters. The van der Waals surface area contributed by atoms with Crippen LogP contribution >= 0.6 is 0 Å². The normalized spacial score (nSPS) is 10.5. The number of nitrogens with one attached hydrogen (secondary N) is 1. The van der Waals surface area contributed by atoms with E-state index in [2.05, 4.69) is 22.1 Å². The summed E-state index contributed by atoms with van der Waals surface area (Å²) in [6.07, 6.45) is 1.62. The maximum absolute atomic E-state index is 9.09. The molecule has 3 rings (SSSR count). The van der Waals surface area contributed by atoms with Gasteiger partial charge in [-0.05, 0) is 42.3 Å². The molecule has 0 radical (unpaired) electrons. The Kier molecular flexibility index (Phi) is 5.65. The van der Waals surface area contributed by atoms with E-state index in [0.717, 1.165) is 16.9 Å². The number of benzene rings is 2. The van der Waals surface area contributed by atoms with Crippen LogP contribution in [0.5, 0.6) is 5.75 Å². The summed E-state index contributed by atoms with van der Waals surface area (Å²) in [6.45, 7) is 6.01. The Hall–Kier alpha value is -3.85. The summed E-state index contributed by atoms with van der Waals surface area (Å²) in [5.41, 5.74) is 5.44. The average molecular weight is 358 g/mol. The maximum atomic E-state index is 9.09. The molecule has 2 aromatic carbocycles. The maximum Gasteiger partial charge on any atom is 0.252 e. The number of oxazole rings is 1. The predicted octanol–water partition coefficient (Wildman–Crippen LogP) is 4.60. The lowest BCUT2D eigenvalue weighted by atomic mass is 10.2. The van der Waals surface area contributed by atoms with Crippen molar-refractivity contribution in [3.8, 4) is 11.8 Å². The van der Waals surface area contributed by atoms with Crippen LogP contribution in [-0.2, 0) is 6.61 Å². The third-order valence-corrected chi connectivity index (χ3v) is 3.61. The number of hydrogen-bond donors (Lipinski definition) is 1. The van der Waals surface area contributed by atoms with Gasteiger partial charge >= 0.3 is 0 Å². The molecule has 1 N–H and O–H groups in total. The molecule has 6 heteroatoms. The number of nitriles is 1. The first-order valence-corrected chi connectivity index (χ1v) is 8.28. The average Bonchev–Trinajstić information content (AvgIpc) is 3.12. The topological polar surface area (TPSA) is 83.4 Å². The quantitative estimate of drug-likeness (QED) is 0.493. The van der Waals surface area contributed by atoms with E-state index in [1.54, 1.807) is 13.1 Å². The summed E-state index contributed by atoms with van der Waals surface area (Å²) in [5, 5.41) is 13.2. The molecule has 0 aliphatic carbocycles. The molecule has 0 aliphatic rings. The number of hydrogen-bond acceptors (Lipinski definition) is 6. The van der Waals surface area contributed by atoms with Gasteiger partial charge in [0.15, 0.2) is 0 Å². The molecule has 0 spiro atoms. The zero-order valence-electron chi connectivity index (χ0n) is 14.8. The summed E-state index contributed by atoms with van der Waals surface area (Å²) in [7, 11) is 0. The highest BCUT2D eigenvalue weighted by molar-refractivity contribution is 5.80. The van der Waals surface area contributed by atoms with Gasteiger partial charge in [-0.2, -0.15) is 15.3 Å². The molecular weight excluding hydrogens is 340 g/mol. The lowest BCUT2D eigenvalue weighted by Gasteiger charge is -2.06. The molecule has 134 valence electrons. The van der Waals surface area contributed by atoms with Crippen molar-refractivity contribution in [3.63, 3.8) is 0 Å². The van der Waals surface area contributed by atoms with Crippen LogP contribution in [0.4, 0.5) is 5.88 Å². The Morgan fingerprint density at radius 1 is 1.26 bits per heavy atom. The van der Waals surface area contributed by atoms with Crippen LogP contribution in [0.2, 0.25) is 0 Å². The first-order valence-electron chi connectivity index (χ1n) is 8.28. The third kappa shape index (κ3) is 4.83. The van der Waals surface area contributed by atoms with Gasteiger partial charge in [0.25, 0.3) is 5.88 Å². The Bertz CT molecular complexity index is 983. The van der Waals surface area contributed by atoms with E-state index in [0.29, 0.717) is 18.1 Å². The Labute approximate surface area is 157 Å². The fourth-order valence-electron chi connectivity index (χ4n) is 2.21. The van der Waals surface area contributed by atoms with Crippen LogP contribution in [0.3, 0.4) is 0 Å². The van der Waals surface area contributed by atoms with Crippen LogP contribution in [0, 0.1) is 11.3 Å². The number of hydrazone groups is 1. The molecular formula is C21H18N4O2. The van der Waals surface area contributed by atoms with Gasteiger partial charge in [0.05, 0.1) is 6.21 Å². The second-order valence-corrected chi connectivity index (χ2v) is 5.80. The lowest BCUT2D eigenvalue weighted by Crippen LogP contribution is -1.95. The van der Waals surface area contributed by atoms with Crippen molar-refractivity contribution in [2.75, 3.05) is 5.43 Å². The Balaban J connectivity index is 1.58. The van der Waals surface area contributed by atoms with Gasteiger partial charge in [0.1, 0.15) is 18.4 Å². The molecule has 0 amide bonds. The predicted molar refractivity (Wildman–Crippen MR) is 104 cm³/mol.